The molecule has 0 unspecified atom stereocenters. The predicted molar refractivity (Wildman–Crippen MR) is 115 cm³/mol. The van der Waals surface area contributed by atoms with Gasteiger partial charge >= 0.3 is 6.09 Å². The first-order valence-corrected chi connectivity index (χ1v) is 10.3. The van der Waals surface area contributed by atoms with Gasteiger partial charge in [0.25, 0.3) is 0 Å². The molecule has 7 nitrogen and oxygen atoms in total. The van der Waals surface area contributed by atoms with Crippen molar-refractivity contribution < 1.29 is 22.7 Å². The van der Waals surface area contributed by atoms with Crippen molar-refractivity contribution in [3.63, 3.8) is 0 Å². The molecule has 174 valence electrons. The molecule has 0 spiro atoms. The molecular formula is C21H32F3N5O2. The molecule has 0 aliphatic carbocycles. The number of aromatic nitrogens is 3. The van der Waals surface area contributed by atoms with Crippen molar-refractivity contribution in [2.45, 2.75) is 60.5 Å². The van der Waals surface area contributed by atoms with Crippen LogP contribution in [0.4, 0.5) is 23.8 Å². The minimum atomic E-state index is -2.17. The maximum atomic E-state index is 14.2. The monoisotopic (exact) mass is 443 g/mol. The molecule has 10 heteroatoms. The number of pyridine rings is 1. The molecule has 3 heterocycles. The Morgan fingerprint density at radius 2 is 1.65 bits per heavy atom. The lowest BCUT2D eigenvalue weighted by Gasteiger charge is -2.36. The molecule has 1 amide bonds. The molecule has 0 atom stereocenters. The summed E-state index contributed by atoms with van der Waals surface area (Å²) in [6.07, 6.45) is 0.479. The molecular weight excluding hydrogens is 411 g/mol. The zero-order valence-corrected chi connectivity index (χ0v) is 19.2. The third kappa shape index (κ3) is 7.84. The van der Waals surface area contributed by atoms with Crippen molar-refractivity contribution in [3.8, 4) is 0 Å². The van der Waals surface area contributed by atoms with E-state index in [0.717, 1.165) is 6.92 Å². The fourth-order valence-electron chi connectivity index (χ4n) is 2.75. The minimum absolute atomic E-state index is 0.270. The quantitative estimate of drug-likeness (QED) is 0.629. The van der Waals surface area contributed by atoms with Gasteiger partial charge in [0.1, 0.15) is 23.3 Å². The highest BCUT2D eigenvalue weighted by atomic mass is 19.3. The van der Waals surface area contributed by atoms with Crippen LogP contribution in [0.5, 0.6) is 0 Å². The third-order valence-electron chi connectivity index (χ3n) is 4.01. The Hall–Kier alpha value is -2.65. The molecule has 2 aromatic heterocycles. The summed E-state index contributed by atoms with van der Waals surface area (Å²) in [7, 11) is 0. The van der Waals surface area contributed by atoms with E-state index in [-0.39, 0.29) is 11.6 Å². The number of carbonyl (C=O) groups is 1. The van der Waals surface area contributed by atoms with Gasteiger partial charge in [0.15, 0.2) is 5.82 Å². The zero-order valence-electron chi connectivity index (χ0n) is 19.2. The topological polar surface area (TPSA) is 71.5 Å². The van der Waals surface area contributed by atoms with E-state index in [1.807, 2.05) is 39.5 Å². The molecule has 3 rings (SSSR count). The van der Waals surface area contributed by atoms with Gasteiger partial charge in [-0.1, -0.05) is 13.8 Å². The molecule has 2 aromatic rings. The summed E-state index contributed by atoms with van der Waals surface area (Å²) in [5.41, 5.74) is 0.0666. The van der Waals surface area contributed by atoms with Gasteiger partial charge in [-0.3, -0.25) is 4.98 Å². The summed E-state index contributed by atoms with van der Waals surface area (Å²) in [6, 6.07) is 0. The van der Waals surface area contributed by atoms with Gasteiger partial charge in [-0.25, -0.2) is 27.9 Å². The second kappa shape index (κ2) is 11.7. The number of ether oxygens (including phenoxy) is 1. The summed E-state index contributed by atoms with van der Waals surface area (Å²) in [5.74, 6) is 0.216. The molecule has 1 aliphatic heterocycles. The van der Waals surface area contributed by atoms with E-state index in [2.05, 4.69) is 15.0 Å². The Labute approximate surface area is 181 Å². The van der Waals surface area contributed by atoms with E-state index >= 15 is 0 Å². The fraction of sp³-hybridized carbons (Fsp3) is 0.619. The largest absolute Gasteiger partial charge is 0.444 e. The number of halogens is 3. The van der Waals surface area contributed by atoms with E-state index in [1.165, 1.54) is 6.33 Å². The van der Waals surface area contributed by atoms with E-state index in [9.17, 15) is 18.0 Å². The number of anilines is 1. The molecule has 31 heavy (non-hydrogen) atoms. The molecule has 0 N–H and O–H groups in total. The first-order chi connectivity index (χ1) is 14.5. The van der Waals surface area contributed by atoms with Gasteiger partial charge in [0.05, 0.1) is 11.1 Å². The molecule has 0 saturated carbocycles. The number of amides is 1. The lowest BCUT2D eigenvalue weighted by atomic mass is 10.2. The average molecular weight is 444 g/mol. The van der Waals surface area contributed by atoms with Crippen LogP contribution in [-0.2, 0) is 4.74 Å². The Morgan fingerprint density at radius 1 is 1.10 bits per heavy atom. The van der Waals surface area contributed by atoms with Crippen LogP contribution in [0.2, 0.25) is 0 Å². The predicted octanol–water partition coefficient (Wildman–Crippen LogP) is 4.83. The third-order valence-corrected chi connectivity index (χ3v) is 4.01. The van der Waals surface area contributed by atoms with Crippen molar-refractivity contribution in [2.75, 3.05) is 31.1 Å². The van der Waals surface area contributed by atoms with Crippen LogP contribution < -0.4 is 4.90 Å². The van der Waals surface area contributed by atoms with Crippen LogP contribution in [0.15, 0.2) is 12.5 Å². The second-order valence-electron chi connectivity index (χ2n) is 7.59. The molecule has 0 bridgehead atoms. The summed E-state index contributed by atoms with van der Waals surface area (Å²) in [6.45, 7) is 14.2. The fourth-order valence-corrected chi connectivity index (χ4v) is 2.75. The summed E-state index contributed by atoms with van der Waals surface area (Å²) in [5, 5.41) is 0.580. The highest BCUT2D eigenvalue weighted by Crippen LogP contribution is 2.26. The van der Waals surface area contributed by atoms with E-state index in [1.54, 1.807) is 18.0 Å². The Morgan fingerprint density at radius 3 is 2.16 bits per heavy atom. The van der Waals surface area contributed by atoms with Gasteiger partial charge in [-0.05, 0) is 34.6 Å². The molecule has 1 saturated heterocycles. The Balaban J connectivity index is 0.000000720. The Bertz CT molecular complexity index is 848. The molecule has 0 radical (unpaired) electrons. The highest BCUT2D eigenvalue weighted by molar-refractivity contribution is 5.89. The maximum Gasteiger partial charge on any atom is 0.410 e. The number of fused-ring (bicyclic) bond motifs is 1. The first-order valence-electron chi connectivity index (χ1n) is 10.3. The normalized spacial score (nSPS) is 13.9. The first kappa shape index (κ1) is 26.4. The molecule has 1 aliphatic rings. The number of hydrogen-bond acceptors (Lipinski definition) is 6. The summed E-state index contributed by atoms with van der Waals surface area (Å²) in [4.78, 5) is 28.3. The van der Waals surface area contributed by atoms with Gasteiger partial charge in [0, 0.05) is 32.4 Å². The van der Waals surface area contributed by atoms with Crippen LogP contribution in [0.3, 0.4) is 0 Å². The smallest absolute Gasteiger partial charge is 0.410 e. The molecule has 0 aromatic carbocycles. The van der Waals surface area contributed by atoms with Crippen molar-refractivity contribution in [1.82, 2.24) is 19.9 Å². The van der Waals surface area contributed by atoms with E-state index in [0.29, 0.717) is 43.1 Å². The number of aryl methyl sites for hydroxylation is 1. The van der Waals surface area contributed by atoms with E-state index < -0.39 is 17.8 Å². The van der Waals surface area contributed by atoms with Crippen molar-refractivity contribution >= 4 is 22.8 Å². The van der Waals surface area contributed by atoms with Crippen LogP contribution in [0, 0.1) is 12.7 Å². The highest BCUT2D eigenvalue weighted by Gasteiger charge is 2.27. The maximum absolute atomic E-state index is 14.2. The number of rotatable bonds is 1. The number of hydrogen-bond donors (Lipinski definition) is 0. The second-order valence-corrected chi connectivity index (χ2v) is 7.59. The SMILES string of the molecule is CC.CC(F)F.Cc1ncc2c(N3CCN(C(=O)OC(C)(C)C)CC3)ncnc2c1F. The van der Waals surface area contributed by atoms with Crippen LogP contribution in [-0.4, -0.2) is 64.2 Å². The van der Waals surface area contributed by atoms with Crippen molar-refractivity contribution in [3.05, 3.63) is 24.0 Å². The summed E-state index contributed by atoms with van der Waals surface area (Å²) < 4.78 is 40.3. The van der Waals surface area contributed by atoms with E-state index in [4.69, 9.17) is 4.74 Å². The van der Waals surface area contributed by atoms with Crippen LogP contribution in [0.25, 0.3) is 10.9 Å². The minimum Gasteiger partial charge on any atom is -0.444 e. The van der Waals surface area contributed by atoms with Gasteiger partial charge in [-0.2, -0.15) is 0 Å². The number of nitrogens with zero attached hydrogens (tertiary/aromatic N) is 5. The number of alkyl halides is 2. The Kier molecular flexibility index (Phi) is 9.93. The van der Waals surface area contributed by atoms with Crippen molar-refractivity contribution in [2.24, 2.45) is 0 Å². The lowest BCUT2D eigenvalue weighted by molar-refractivity contribution is 0.0240. The standard InChI is InChI=1S/C17H22FN5O2.C2H4F2.C2H6/c1-11-13(18)14-12(9-19-11)15(21-10-20-14)22-5-7-23(8-6-22)16(24)25-17(2,3)4;1-2(3)4;1-2/h9-10H,5-8H2,1-4H3;2H,1H3;1-2H3. The van der Waals surface area contributed by atoms with Gasteiger partial charge in [0.2, 0.25) is 6.43 Å². The zero-order chi connectivity index (χ0) is 23.8. The van der Waals surface area contributed by atoms with Crippen molar-refractivity contribution in [1.29, 1.82) is 0 Å². The van der Waals surface area contributed by atoms with Gasteiger partial charge in [-0.15, -0.1) is 0 Å². The number of piperazine rings is 1. The lowest BCUT2D eigenvalue weighted by Crippen LogP contribution is -2.50. The molecule has 1 fully saturated rings. The van der Waals surface area contributed by atoms with Crippen LogP contribution in [0.1, 0.15) is 47.2 Å². The number of carbonyl (C=O) groups excluding carboxylic acids is 1. The van der Waals surface area contributed by atoms with Gasteiger partial charge < -0.3 is 14.5 Å². The summed E-state index contributed by atoms with van der Waals surface area (Å²) >= 11 is 0. The average Bonchev–Trinajstić information content (AvgIpc) is 2.70. The van der Waals surface area contributed by atoms with Crippen LogP contribution >= 0.6 is 0 Å².